The van der Waals surface area contributed by atoms with Crippen molar-refractivity contribution in [3.05, 3.63) is 89.9 Å². The average Bonchev–Trinajstić information content (AvgIpc) is 3.04. The first kappa shape index (κ1) is 20.2. The van der Waals surface area contributed by atoms with Crippen LogP contribution in [0.2, 0.25) is 0 Å². The third kappa shape index (κ3) is 3.61. The summed E-state index contributed by atoms with van der Waals surface area (Å²) in [5, 5.41) is 3.02. The van der Waals surface area contributed by atoms with E-state index in [0.717, 1.165) is 4.90 Å². The number of carbonyl (C=O) groups excluding carboxylic acids is 2. The predicted octanol–water partition coefficient (Wildman–Crippen LogP) is 4.24. The minimum absolute atomic E-state index is 0.0195. The van der Waals surface area contributed by atoms with E-state index in [2.05, 4.69) is 5.32 Å². The fraction of sp³-hybridized carbons (Fsp3) is 0.0833. The van der Waals surface area contributed by atoms with Crippen molar-refractivity contribution < 1.29 is 23.5 Å². The number of nitrogens with zero attached hydrogens (tertiary/aromatic N) is 1. The Hall–Kier alpha value is -4.13. The Morgan fingerprint density at radius 1 is 0.839 bits per heavy atom. The number of hydrogen-bond donors (Lipinski definition) is 1. The van der Waals surface area contributed by atoms with Crippen molar-refractivity contribution in [1.82, 2.24) is 0 Å². The summed E-state index contributed by atoms with van der Waals surface area (Å²) >= 11 is 0. The van der Waals surface area contributed by atoms with Crippen LogP contribution in [0.25, 0.3) is 5.57 Å². The molecule has 7 heteroatoms. The summed E-state index contributed by atoms with van der Waals surface area (Å²) < 4.78 is 25.1. The zero-order valence-corrected chi connectivity index (χ0v) is 16.9. The number of amides is 2. The Morgan fingerprint density at radius 2 is 1.55 bits per heavy atom. The molecule has 4 rings (SSSR count). The van der Waals surface area contributed by atoms with Gasteiger partial charge in [-0.1, -0.05) is 42.5 Å². The molecule has 6 nitrogen and oxygen atoms in total. The third-order valence-electron chi connectivity index (χ3n) is 4.91. The highest BCUT2D eigenvalue weighted by Crippen LogP contribution is 2.37. The maximum Gasteiger partial charge on any atom is 0.282 e. The van der Waals surface area contributed by atoms with Gasteiger partial charge in [0.15, 0.2) is 0 Å². The van der Waals surface area contributed by atoms with Gasteiger partial charge in [-0.3, -0.25) is 9.59 Å². The molecule has 0 aliphatic carbocycles. The molecule has 1 N–H and O–H groups in total. The Bertz CT molecular complexity index is 1190. The lowest BCUT2D eigenvalue weighted by Crippen LogP contribution is -2.33. The zero-order valence-electron chi connectivity index (χ0n) is 16.9. The predicted molar refractivity (Wildman–Crippen MR) is 115 cm³/mol. The minimum atomic E-state index is -0.670. The molecule has 0 spiro atoms. The Morgan fingerprint density at radius 3 is 2.23 bits per heavy atom. The Kier molecular flexibility index (Phi) is 5.41. The number of ether oxygens (including phenoxy) is 2. The SMILES string of the molecule is COc1ccc(OC)c(NC2=C(c3ccccc3)C(=O)N(c3ccccc3F)C2=O)c1. The minimum Gasteiger partial charge on any atom is -0.497 e. The molecule has 3 aromatic carbocycles. The van der Waals surface area contributed by atoms with Crippen LogP contribution in [0.3, 0.4) is 0 Å². The number of imide groups is 1. The lowest BCUT2D eigenvalue weighted by atomic mass is 10.0. The van der Waals surface area contributed by atoms with Gasteiger partial charge >= 0.3 is 0 Å². The van der Waals surface area contributed by atoms with Crippen LogP contribution in [0.4, 0.5) is 15.8 Å². The third-order valence-corrected chi connectivity index (χ3v) is 4.91. The normalized spacial score (nSPS) is 13.6. The van der Waals surface area contributed by atoms with Crippen LogP contribution in [0.5, 0.6) is 11.5 Å². The number of rotatable bonds is 6. The molecule has 1 heterocycles. The molecule has 0 atom stereocenters. The molecule has 1 aliphatic rings. The zero-order chi connectivity index (χ0) is 22.0. The number of benzene rings is 3. The monoisotopic (exact) mass is 418 g/mol. The van der Waals surface area contributed by atoms with Gasteiger partial charge in [-0.2, -0.15) is 0 Å². The number of methoxy groups -OCH3 is 2. The summed E-state index contributed by atoms with van der Waals surface area (Å²) in [6.45, 7) is 0. The number of anilines is 2. The van der Waals surface area contributed by atoms with Crippen molar-refractivity contribution in [2.75, 3.05) is 24.4 Å². The molecule has 0 saturated heterocycles. The number of nitrogens with one attached hydrogen (secondary N) is 1. The molecule has 1 aliphatic heterocycles. The van der Waals surface area contributed by atoms with E-state index in [4.69, 9.17) is 9.47 Å². The van der Waals surface area contributed by atoms with E-state index < -0.39 is 17.6 Å². The van der Waals surface area contributed by atoms with Crippen molar-refractivity contribution in [1.29, 1.82) is 0 Å². The second-order valence-corrected chi connectivity index (χ2v) is 6.70. The first-order chi connectivity index (χ1) is 15.0. The van der Waals surface area contributed by atoms with Gasteiger partial charge in [-0.15, -0.1) is 0 Å². The second-order valence-electron chi connectivity index (χ2n) is 6.70. The first-order valence-electron chi connectivity index (χ1n) is 9.47. The van der Waals surface area contributed by atoms with Crippen molar-refractivity contribution in [3.8, 4) is 11.5 Å². The quantitative estimate of drug-likeness (QED) is 0.607. The summed E-state index contributed by atoms with van der Waals surface area (Å²) in [5.41, 5.74) is 1.01. The first-order valence-corrected chi connectivity index (χ1v) is 9.47. The summed E-state index contributed by atoms with van der Waals surface area (Å²) in [5.74, 6) is -0.973. The molecular weight excluding hydrogens is 399 g/mol. The standard InChI is InChI=1S/C24H19FN2O4/c1-30-16-12-13-20(31-2)18(14-16)26-22-21(15-8-4-3-5-9-15)23(28)27(24(22)29)19-11-7-6-10-17(19)25/h3-14,26H,1-2H3. The van der Waals surface area contributed by atoms with Crippen LogP contribution < -0.4 is 19.7 Å². The molecule has 0 fully saturated rings. The number of para-hydroxylation sites is 1. The van der Waals surface area contributed by atoms with Crippen LogP contribution in [0.1, 0.15) is 5.56 Å². The smallest absolute Gasteiger partial charge is 0.282 e. The lowest BCUT2D eigenvalue weighted by Gasteiger charge is -2.16. The van der Waals surface area contributed by atoms with E-state index >= 15 is 0 Å². The topological polar surface area (TPSA) is 67.9 Å². The van der Waals surface area contributed by atoms with Gasteiger partial charge in [-0.25, -0.2) is 9.29 Å². The average molecular weight is 418 g/mol. The van der Waals surface area contributed by atoms with E-state index in [-0.39, 0.29) is 17.0 Å². The lowest BCUT2D eigenvalue weighted by molar-refractivity contribution is -0.120. The molecule has 0 unspecified atom stereocenters. The van der Waals surface area contributed by atoms with E-state index in [0.29, 0.717) is 22.7 Å². The number of carbonyl (C=O) groups is 2. The maximum absolute atomic E-state index is 14.5. The van der Waals surface area contributed by atoms with E-state index in [9.17, 15) is 14.0 Å². The summed E-state index contributed by atoms with van der Waals surface area (Å²) in [6.07, 6.45) is 0. The Balaban J connectivity index is 1.86. The molecule has 31 heavy (non-hydrogen) atoms. The van der Waals surface area contributed by atoms with Gasteiger partial charge in [0.1, 0.15) is 23.0 Å². The highest BCUT2D eigenvalue weighted by Gasteiger charge is 2.41. The van der Waals surface area contributed by atoms with Crippen LogP contribution in [-0.2, 0) is 9.59 Å². The van der Waals surface area contributed by atoms with Gasteiger partial charge in [-0.05, 0) is 29.8 Å². The fourth-order valence-corrected chi connectivity index (χ4v) is 3.42. The van der Waals surface area contributed by atoms with Gasteiger partial charge in [0.2, 0.25) is 0 Å². The van der Waals surface area contributed by atoms with Crippen LogP contribution in [0.15, 0.2) is 78.5 Å². The molecule has 3 aromatic rings. The molecule has 2 amide bonds. The molecule has 0 saturated carbocycles. The highest BCUT2D eigenvalue weighted by atomic mass is 19.1. The molecule has 0 bridgehead atoms. The Labute approximate surface area is 178 Å². The van der Waals surface area contributed by atoms with Crippen molar-refractivity contribution in [2.24, 2.45) is 0 Å². The summed E-state index contributed by atoms with van der Waals surface area (Å²) in [7, 11) is 3.01. The fourth-order valence-electron chi connectivity index (χ4n) is 3.42. The molecular formula is C24H19FN2O4. The molecule has 156 valence electrons. The van der Waals surface area contributed by atoms with Gasteiger partial charge in [0.25, 0.3) is 11.8 Å². The largest absolute Gasteiger partial charge is 0.497 e. The van der Waals surface area contributed by atoms with Crippen molar-refractivity contribution in [3.63, 3.8) is 0 Å². The number of halogens is 1. The van der Waals surface area contributed by atoms with Gasteiger partial charge in [0.05, 0.1) is 31.2 Å². The number of hydrogen-bond acceptors (Lipinski definition) is 5. The highest BCUT2D eigenvalue weighted by molar-refractivity contribution is 6.46. The van der Waals surface area contributed by atoms with E-state index in [1.54, 1.807) is 54.6 Å². The van der Waals surface area contributed by atoms with Gasteiger partial charge < -0.3 is 14.8 Å². The van der Waals surface area contributed by atoms with Crippen LogP contribution in [-0.4, -0.2) is 26.0 Å². The summed E-state index contributed by atoms with van der Waals surface area (Å²) in [4.78, 5) is 27.5. The van der Waals surface area contributed by atoms with E-state index in [1.807, 2.05) is 0 Å². The van der Waals surface area contributed by atoms with E-state index in [1.165, 1.54) is 32.4 Å². The molecule has 0 radical (unpaired) electrons. The maximum atomic E-state index is 14.5. The van der Waals surface area contributed by atoms with Crippen molar-refractivity contribution >= 4 is 28.8 Å². The van der Waals surface area contributed by atoms with Crippen LogP contribution >= 0.6 is 0 Å². The van der Waals surface area contributed by atoms with Crippen molar-refractivity contribution in [2.45, 2.75) is 0 Å². The molecule has 0 aromatic heterocycles. The summed E-state index contributed by atoms with van der Waals surface area (Å²) in [6, 6.07) is 19.5. The second kappa shape index (κ2) is 8.31. The van der Waals surface area contributed by atoms with Crippen LogP contribution in [0, 0.1) is 5.82 Å². The van der Waals surface area contributed by atoms with Gasteiger partial charge in [0, 0.05) is 6.07 Å².